The molecule has 0 aliphatic heterocycles. The Kier molecular flexibility index (Phi) is 6.31. The lowest BCUT2D eigenvalue weighted by Gasteiger charge is -2.24. The lowest BCUT2D eigenvalue weighted by atomic mass is 10.2. The Morgan fingerprint density at radius 2 is 1.79 bits per heavy atom. The molecular weight excluding hydrogens is 320 g/mol. The third kappa shape index (κ3) is 4.77. The summed E-state index contributed by atoms with van der Waals surface area (Å²) in [7, 11) is -0.578. The van der Waals surface area contributed by atoms with Crippen LogP contribution in [0, 0.1) is 6.92 Å². The molecule has 0 fully saturated rings. The van der Waals surface area contributed by atoms with Crippen LogP contribution >= 0.6 is 0 Å². The van der Waals surface area contributed by atoms with Crippen molar-refractivity contribution in [2.75, 3.05) is 13.9 Å². The topological polar surface area (TPSA) is 44.8 Å². The number of carbonyl (C=O) groups excluding carboxylic acids is 1. The minimum Gasteiger partial charge on any atom is -0.467 e. The van der Waals surface area contributed by atoms with E-state index in [0.717, 1.165) is 17.0 Å². The van der Waals surface area contributed by atoms with Gasteiger partial charge in [0.15, 0.2) is 13.1 Å². The minimum atomic E-state index is -2.12. The van der Waals surface area contributed by atoms with Gasteiger partial charge in [0.25, 0.3) is 0 Å². The summed E-state index contributed by atoms with van der Waals surface area (Å²) in [5.74, 6) is 0.527. The summed E-state index contributed by atoms with van der Waals surface area (Å²) >= 11 is 0. The largest absolute Gasteiger partial charge is 0.467 e. The summed E-state index contributed by atoms with van der Waals surface area (Å²) in [6.07, 6.45) is 0.805. The first-order valence-electron chi connectivity index (χ1n) is 7.87. The molecule has 5 heteroatoms. The monoisotopic (exact) mass is 344 g/mol. The van der Waals surface area contributed by atoms with Gasteiger partial charge in [0, 0.05) is 7.11 Å². The third-order valence-electron chi connectivity index (χ3n) is 3.88. The molecule has 4 nitrogen and oxygen atoms in total. The number of methoxy groups -OCH3 is 1. The van der Waals surface area contributed by atoms with Crippen LogP contribution in [0.15, 0.2) is 42.5 Å². The van der Waals surface area contributed by atoms with Gasteiger partial charge in [-0.3, -0.25) is 4.79 Å². The minimum absolute atomic E-state index is 0.116. The van der Waals surface area contributed by atoms with Gasteiger partial charge in [-0.2, -0.15) is 0 Å². The maximum atomic E-state index is 11.3. The van der Waals surface area contributed by atoms with Crippen molar-refractivity contribution < 1.29 is 18.7 Å². The van der Waals surface area contributed by atoms with Crippen molar-refractivity contribution in [3.63, 3.8) is 0 Å². The summed E-state index contributed by atoms with van der Waals surface area (Å²) in [6, 6.07) is 14.0. The third-order valence-corrected chi connectivity index (χ3v) is 6.45. The van der Waals surface area contributed by atoms with Crippen molar-refractivity contribution >= 4 is 19.8 Å². The Labute approximate surface area is 144 Å². The van der Waals surface area contributed by atoms with Crippen molar-refractivity contribution in [3.05, 3.63) is 59.2 Å². The second-order valence-corrected chi connectivity index (χ2v) is 10.1. The fourth-order valence-electron chi connectivity index (χ4n) is 2.30. The molecule has 0 N–H and O–H groups in total. The van der Waals surface area contributed by atoms with E-state index in [4.69, 9.17) is 13.9 Å². The molecule has 0 saturated carbocycles. The second kappa shape index (κ2) is 8.24. The number of aryl methyl sites for hydroxylation is 1. The molecule has 0 radical (unpaired) electrons. The van der Waals surface area contributed by atoms with Crippen LogP contribution in [0.25, 0.3) is 0 Å². The Bertz CT molecular complexity index is 680. The van der Waals surface area contributed by atoms with Crippen molar-refractivity contribution in [2.24, 2.45) is 0 Å². The maximum Gasteiger partial charge on any atom is 0.218 e. The van der Waals surface area contributed by atoms with E-state index in [9.17, 15) is 4.79 Å². The Balaban J connectivity index is 2.12. The molecule has 0 amide bonds. The van der Waals surface area contributed by atoms with Gasteiger partial charge in [0.1, 0.15) is 5.75 Å². The highest BCUT2D eigenvalue weighted by molar-refractivity contribution is 6.84. The van der Waals surface area contributed by atoms with Crippen LogP contribution in [0.5, 0.6) is 5.75 Å². The van der Waals surface area contributed by atoms with E-state index in [-0.39, 0.29) is 6.79 Å². The lowest BCUT2D eigenvalue weighted by molar-refractivity contribution is 0.0505. The zero-order valence-electron chi connectivity index (χ0n) is 14.7. The van der Waals surface area contributed by atoms with Gasteiger partial charge in [0.2, 0.25) is 8.32 Å². The summed E-state index contributed by atoms with van der Waals surface area (Å²) in [4.78, 5) is 11.3. The molecule has 0 bridgehead atoms. The molecule has 0 heterocycles. The second-order valence-electron chi connectivity index (χ2n) is 6.21. The first kappa shape index (κ1) is 18.4. The Hall–Kier alpha value is -1.95. The molecule has 2 aromatic carbocycles. The van der Waals surface area contributed by atoms with Crippen LogP contribution in [0.2, 0.25) is 13.1 Å². The zero-order valence-corrected chi connectivity index (χ0v) is 15.7. The van der Waals surface area contributed by atoms with Crippen LogP contribution in [0.1, 0.15) is 21.5 Å². The van der Waals surface area contributed by atoms with Gasteiger partial charge in [-0.15, -0.1) is 0 Å². The van der Waals surface area contributed by atoms with Crippen LogP contribution < -0.4 is 9.92 Å². The molecule has 0 aromatic heterocycles. The first-order valence-corrected chi connectivity index (χ1v) is 10.8. The SMILES string of the molecule is COCOc1ccc([Si](C)(C)OCc2ccc(C)cc2)cc1C=O. The molecule has 2 rings (SSSR count). The highest BCUT2D eigenvalue weighted by Gasteiger charge is 2.26. The number of ether oxygens (including phenoxy) is 2. The normalized spacial score (nSPS) is 11.3. The summed E-state index contributed by atoms with van der Waals surface area (Å²) < 4.78 is 16.5. The van der Waals surface area contributed by atoms with E-state index in [1.807, 2.05) is 18.2 Å². The van der Waals surface area contributed by atoms with Gasteiger partial charge in [-0.25, -0.2) is 0 Å². The van der Waals surface area contributed by atoms with Gasteiger partial charge >= 0.3 is 0 Å². The molecule has 0 spiro atoms. The van der Waals surface area contributed by atoms with E-state index in [1.54, 1.807) is 7.11 Å². The highest BCUT2D eigenvalue weighted by Crippen LogP contribution is 2.18. The average molecular weight is 344 g/mol. The molecule has 0 aliphatic carbocycles. The van der Waals surface area contributed by atoms with Gasteiger partial charge in [-0.1, -0.05) is 35.9 Å². The van der Waals surface area contributed by atoms with Crippen molar-refractivity contribution in [1.82, 2.24) is 0 Å². The molecular formula is C19H24O4Si. The fraction of sp³-hybridized carbons (Fsp3) is 0.316. The predicted octanol–water partition coefficient (Wildman–Crippen LogP) is 3.42. The average Bonchev–Trinajstić information content (AvgIpc) is 2.59. The quantitative estimate of drug-likeness (QED) is 0.418. The van der Waals surface area contributed by atoms with Gasteiger partial charge in [0.05, 0.1) is 12.2 Å². The number of benzene rings is 2. The smallest absolute Gasteiger partial charge is 0.218 e. The lowest BCUT2D eigenvalue weighted by Crippen LogP contribution is -2.44. The van der Waals surface area contributed by atoms with Crippen LogP contribution in [0.3, 0.4) is 0 Å². The van der Waals surface area contributed by atoms with Crippen molar-refractivity contribution in [2.45, 2.75) is 26.6 Å². The first-order chi connectivity index (χ1) is 11.5. The van der Waals surface area contributed by atoms with Crippen LogP contribution in [0.4, 0.5) is 0 Å². The van der Waals surface area contributed by atoms with Gasteiger partial charge < -0.3 is 13.9 Å². The van der Waals surface area contributed by atoms with E-state index >= 15 is 0 Å². The number of hydrogen-bond acceptors (Lipinski definition) is 4. The van der Waals surface area contributed by atoms with Crippen LogP contribution in [-0.4, -0.2) is 28.5 Å². The van der Waals surface area contributed by atoms with Crippen LogP contribution in [-0.2, 0) is 15.8 Å². The van der Waals surface area contributed by atoms with E-state index < -0.39 is 8.32 Å². The standard InChI is InChI=1S/C19H24O4Si/c1-15-5-7-16(8-6-15)13-23-24(3,4)18-9-10-19(22-14-21-2)17(11-18)12-20/h5-12H,13-14H2,1-4H3. The molecule has 0 unspecified atom stereocenters. The molecule has 0 atom stereocenters. The summed E-state index contributed by atoms with van der Waals surface area (Å²) in [5, 5.41) is 1.06. The molecule has 128 valence electrons. The number of hydrogen-bond donors (Lipinski definition) is 0. The molecule has 2 aromatic rings. The molecule has 24 heavy (non-hydrogen) atoms. The number of rotatable bonds is 8. The highest BCUT2D eigenvalue weighted by atomic mass is 28.4. The zero-order chi connectivity index (χ0) is 17.6. The van der Waals surface area contributed by atoms with E-state index in [0.29, 0.717) is 17.9 Å². The molecule has 0 aliphatic rings. The van der Waals surface area contributed by atoms with Gasteiger partial charge in [-0.05, 0) is 42.9 Å². The summed E-state index contributed by atoms with van der Waals surface area (Å²) in [5.41, 5.74) is 2.90. The summed E-state index contributed by atoms with van der Waals surface area (Å²) in [6.45, 7) is 7.00. The fourth-order valence-corrected chi connectivity index (χ4v) is 3.98. The predicted molar refractivity (Wildman–Crippen MR) is 97.4 cm³/mol. The van der Waals surface area contributed by atoms with E-state index in [2.05, 4.69) is 44.3 Å². The van der Waals surface area contributed by atoms with E-state index in [1.165, 1.54) is 5.56 Å². The number of carbonyl (C=O) groups is 1. The Morgan fingerprint density at radius 3 is 2.42 bits per heavy atom. The van der Waals surface area contributed by atoms with Crippen molar-refractivity contribution in [3.8, 4) is 5.75 Å². The Morgan fingerprint density at radius 1 is 1.08 bits per heavy atom. The maximum absolute atomic E-state index is 11.3. The van der Waals surface area contributed by atoms with Crippen molar-refractivity contribution in [1.29, 1.82) is 0 Å². The molecule has 0 saturated heterocycles. The number of aldehydes is 1.